The summed E-state index contributed by atoms with van der Waals surface area (Å²) in [6, 6.07) is 2.48. The molecule has 68 valence electrons. The van der Waals surface area contributed by atoms with Gasteiger partial charge in [-0.3, -0.25) is 4.79 Å². The Balaban J connectivity index is 2.04. The van der Waals surface area contributed by atoms with E-state index in [0.29, 0.717) is 12.0 Å². The molecule has 2 heterocycles. The third-order valence-electron chi connectivity index (χ3n) is 3.01. The average Bonchev–Trinajstić information content (AvgIpc) is 2.50. The minimum atomic E-state index is 0.234. The van der Waals surface area contributed by atoms with Gasteiger partial charge in [-0.2, -0.15) is 0 Å². The lowest BCUT2D eigenvalue weighted by atomic mass is 9.80. The van der Waals surface area contributed by atoms with Crippen LogP contribution in [0, 0.1) is 5.92 Å². The highest BCUT2D eigenvalue weighted by Gasteiger charge is 2.34. The summed E-state index contributed by atoms with van der Waals surface area (Å²) in [4.78, 5) is 12.8. The quantitative estimate of drug-likeness (QED) is 0.669. The second-order valence-electron chi connectivity index (χ2n) is 3.93. The molecule has 2 bridgehead atoms. The van der Waals surface area contributed by atoms with Gasteiger partial charge in [-0.25, -0.2) is 0 Å². The number of piperidine rings is 1. The zero-order valence-electron chi connectivity index (χ0n) is 7.25. The maximum Gasteiger partial charge on any atom is 0.220 e. The van der Waals surface area contributed by atoms with Gasteiger partial charge in [-0.1, -0.05) is 0 Å². The number of hydrogen-bond donors (Lipinski definition) is 1. The monoisotopic (exact) mass is 193 g/mol. The van der Waals surface area contributed by atoms with E-state index in [2.05, 4.69) is 16.8 Å². The molecular formula is C10H11NOS. The molecule has 3 heteroatoms. The van der Waals surface area contributed by atoms with Crippen molar-refractivity contribution < 1.29 is 4.79 Å². The molecule has 2 atom stereocenters. The summed E-state index contributed by atoms with van der Waals surface area (Å²) in [6.07, 6.45) is 3.00. The van der Waals surface area contributed by atoms with Gasteiger partial charge >= 0.3 is 0 Å². The van der Waals surface area contributed by atoms with Crippen molar-refractivity contribution in [3.05, 3.63) is 21.9 Å². The van der Waals surface area contributed by atoms with Gasteiger partial charge < -0.3 is 5.32 Å². The van der Waals surface area contributed by atoms with Gasteiger partial charge in [-0.05, 0) is 35.8 Å². The smallest absolute Gasteiger partial charge is 0.220 e. The fraction of sp³-hybridized carbons (Fsp3) is 0.500. The molecule has 1 N–H and O–H groups in total. The summed E-state index contributed by atoms with van der Waals surface area (Å²) in [5.41, 5.74) is 1.37. The Morgan fingerprint density at radius 1 is 1.46 bits per heavy atom. The van der Waals surface area contributed by atoms with Crippen LogP contribution in [0.15, 0.2) is 11.4 Å². The van der Waals surface area contributed by atoms with E-state index in [-0.39, 0.29) is 5.91 Å². The van der Waals surface area contributed by atoms with E-state index in [1.165, 1.54) is 10.4 Å². The molecule has 0 saturated carbocycles. The molecule has 0 radical (unpaired) electrons. The van der Waals surface area contributed by atoms with Gasteiger partial charge in [0.2, 0.25) is 5.91 Å². The second kappa shape index (κ2) is 2.58. The van der Waals surface area contributed by atoms with E-state index in [0.717, 1.165) is 19.3 Å². The molecule has 2 unspecified atom stereocenters. The predicted molar refractivity (Wildman–Crippen MR) is 51.6 cm³/mol. The lowest BCUT2D eigenvalue weighted by Gasteiger charge is -2.34. The summed E-state index contributed by atoms with van der Waals surface area (Å²) in [7, 11) is 0. The first kappa shape index (κ1) is 7.56. The molecular weight excluding hydrogens is 182 g/mol. The van der Waals surface area contributed by atoms with Crippen LogP contribution in [-0.2, 0) is 11.2 Å². The molecule has 3 rings (SSSR count). The first-order chi connectivity index (χ1) is 6.33. The van der Waals surface area contributed by atoms with E-state index in [4.69, 9.17) is 0 Å². The van der Waals surface area contributed by atoms with Crippen LogP contribution in [0.1, 0.15) is 29.3 Å². The number of rotatable bonds is 0. The lowest BCUT2D eigenvalue weighted by Crippen LogP contribution is -2.40. The third kappa shape index (κ3) is 1.10. The van der Waals surface area contributed by atoms with Crippen molar-refractivity contribution in [3.8, 4) is 0 Å². The minimum Gasteiger partial charge on any atom is -0.349 e. The SMILES string of the molecule is O=C1CC2Cc3sccc3C(C2)N1. The zero-order chi connectivity index (χ0) is 8.84. The highest BCUT2D eigenvalue weighted by atomic mass is 32.1. The number of nitrogens with one attached hydrogen (secondary N) is 1. The van der Waals surface area contributed by atoms with E-state index in [9.17, 15) is 4.79 Å². The fourth-order valence-electron chi connectivity index (χ4n) is 2.44. The maximum atomic E-state index is 11.3. The summed E-state index contributed by atoms with van der Waals surface area (Å²) in [6.45, 7) is 0. The van der Waals surface area contributed by atoms with Crippen molar-refractivity contribution >= 4 is 17.2 Å². The van der Waals surface area contributed by atoms with Crippen molar-refractivity contribution in [3.63, 3.8) is 0 Å². The van der Waals surface area contributed by atoms with Crippen LogP contribution in [0.4, 0.5) is 0 Å². The van der Waals surface area contributed by atoms with Gasteiger partial charge in [0.1, 0.15) is 0 Å². The average molecular weight is 193 g/mol. The number of amides is 1. The van der Waals surface area contributed by atoms with E-state index in [1.807, 2.05) is 11.3 Å². The molecule has 1 saturated heterocycles. The van der Waals surface area contributed by atoms with E-state index in [1.54, 1.807) is 0 Å². The third-order valence-corrected chi connectivity index (χ3v) is 3.97. The number of carbonyl (C=O) groups is 1. The van der Waals surface area contributed by atoms with Crippen molar-refractivity contribution in [2.75, 3.05) is 0 Å². The van der Waals surface area contributed by atoms with Gasteiger partial charge in [0.05, 0.1) is 6.04 Å². The zero-order valence-corrected chi connectivity index (χ0v) is 8.06. The molecule has 1 aliphatic carbocycles. The summed E-state index contributed by atoms with van der Waals surface area (Å²) in [5.74, 6) is 0.836. The summed E-state index contributed by atoms with van der Waals surface area (Å²) >= 11 is 1.83. The Hall–Kier alpha value is -0.830. The topological polar surface area (TPSA) is 29.1 Å². The van der Waals surface area contributed by atoms with E-state index < -0.39 is 0 Å². The standard InChI is InChI=1S/C10H11NOS/c12-10-5-6-3-8(11-10)7-1-2-13-9(7)4-6/h1-2,6,8H,3-5H2,(H,11,12). The predicted octanol–water partition coefficient (Wildman–Crippen LogP) is 1.87. The van der Waals surface area contributed by atoms with Gasteiger partial charge in [0.15, 0.2) is 0 Å². The van der Waals surface area contributed by atoms with Crippen LogP contribution in [0.3, 0.4) is 0 Å². The van der Waals surface area contributed by atoms with Crippen LogP contribution in [0.5, 0.6) is 0 Å². The van der Waals surface area contributed by atoms with Crippen LogP contribution in [-0.4, -0.2) is 5.91 Å². The van der Waals surface area contributed by atoms with Gasteiger partial charge in [0.25, 0.3) is 0 Å². The Morgan fingerprint density at radius 3 is 3.31 bits per heavy atom. The van der Waals surface area contributed by atoms with E-state index >= 15 is 0 Å². The molecule has 2 nitrogen and oxygen atoms in total. The first-order valence-corrected chi connectivity index (χ1v) is 5.56. The van der Waals surface area contributed by atoms with Crippen molar-refractivity contribution in [1.82, 2.24) is 5.32 Å². The summed E-state index contributed by atoms with van der Waals surface area (Å²) in [5, 5.41) is 5.19. The van der Waals surface area contributed by atoms with Crippen molar-refractivity contribution in [2.24, 2.45) is 5.92 Å². The molecule has 1 aromatic heterocycles. The van der Waals surface area contributed by atoms with Crippen LogP contribution < -0.4 is 5.32 Å². The molecule has 0 aromatic carbocycles. The molecule has 13 heavy (non-hydrogen) atoms. The molecule has 2 aliphatic rings. The number of fused-ring (bicyclic) bond motifs is 4. The summed E-state index contributed by atoms with van der Waals surface area (Å²) < 4.78 is 0. The lowest BCUT2D eigenvalue weighted by molar-refractivity contribution is -0.125. The fourth-order valence-corrected chi connectivity index (χ4v) is 3.50. The minimum absolute atomic E-state index is 0.234. The first-order valence-electron chi connectivity index (χ1n) is 4.68. The molecule has 0 spiro atoms. The van der Waals surface area contributed by atoms with Gasteiger partial charge in [-0.15, -0.1) is 11.3 Å². The highest BCUT2D eigenvalue weighted by molar-refractivity contribution is 7.10. The normalized spacial score (nSPS) is 30.9. The molecule has 1 amide bonds. The number of hydrogen-bond acceptors (Lipinski definition) is 2. The Bertz CT molecular complexity index is 358. The maximum absolute atomic E-state index is 11.3. The largest absolute Gasteiger partial charge is 0.349 e. The highest BCUT2D eigenvalue weighted by Crippen LogP contribution is 2.39. The van der Waals surface area contributed by atoms with Gasteiger partial charge in [0, 0.05) is 11.3 Å². The number of carbonyl (C=O) groups excluding carboxylic acids is 1. The van der Waals surface area contributed by atoms with Crippen LogP contribution in [0.2, 0.25) is 0 Å². The van der Waals surface area contributed by atoms with Crippen LogP contribution >= 0.6 is 11.3 Å². The Labute approximate surface area is 81.0 Å². The van der Waals surface area contributed by atoms with Crippen molar-refractivity contribution in [2.45, 2.75) is 25.3 Å². The van der Waals surface area contributed by atoms with Crippen LogP contribution in [0.25, 0.3) is 0 Å². The molecule has 1 fully saturated rings. The number of thiophene rings is 1. The molecule has 1 aromatic rings. The second-order valence-corrected chi connectivity index (χ2v) is 4.93. The van der Waals surface area contributed by atoms with Crippen molar-refractivity contribution in [1.29, 1.82) is 0 Å². The Morgan fingerprint density at radius 2 is 2.38 bits per heavy atom. The Kier molecular flexibility index (Phi) is 1.50. The molecule has 1 aliphatic heterocycles.